The monoisotopic (exact) mass is 322 g/mol. The van der Waals surface area contributed by atoms with Gasteiger partial charge >= 0.3 is 6.09 Å². The molecule has 23 heavy (non-hydrogen) atoms. The van der Waals surface area contributed by atoms with Crippen LogP contribution in [0.25, 0.3) is 0 Å². The highest BCUT2D eigenvalue weighted by Crippen LogP contribution is 2.17. The Kier molecular flexibility index (Phi) is 5.94. The summed E-state index contributed by atoms with van der Waals surface area (Å²) in [6, 6.07) is 5.45. The van der Waals surface area contributed by atoms with Crippen LogP contribution >= 0.6 is 0 Å². The van der Waals surface area contributed by atoms with Gasteiger partial charge in [0.05, 0.1) is 17.8 Å². The predicted octanol–water partition coefficient (Wildman–Crippen LogP) is 0.976. The van der Waals surface area contributed by atoms with E-state index in [1.807, 2.05) is 0 Å². The number of ether oxygens (including phenoxy) is 1. The van der Waals surface area contributed by atoms with Crippen molar-refractivity contribution >= 4 is 29.3 Å². The van der Waals surface area contributed by atoms with Crippen LogP contribution in [0.1, 0.15) is 27.2 Å². The van der Waals surface area contributed by atoms with Gasteiger partial charge in [0.25, 0.3) is 0 Å². The summed E-state index contributed by atoms with van der Waals surface area (Å²) >= 11 is 0. The number of rotatable bonds is 5. The molecule has 0 aromatic heterocycles. The number of amides is 3. The van der Waals surface area contributed by atoms with Crippen molar-refractivity contribution in [2.24, 2.45) is 5.73 Å². The fourth-order valence-electron chi connectivity index (χ4n) is 1.69. The van der Waals surface area contributed by atoms with Crippen LogP contribution < -0.4 is 22.1 Å². The highest BCUT2D eigenvalue weighted by molar-refractivity contribution is 6.00. The quantitative estimate of drug-likeness (QED) is 0.599. The Morgan fingerprint density at radius 1 is 1.22 bits per heavy atom. The molecule has 1 aromatic rings. The average Bonchev–Trinajstić information content (AvgIpc) is 2.37. The summed E-state index contributed by atoms with van der Waals surface area (Å²) in [4.78, 5) is 35.2. The third kappa shape index (κ3) is 6.68. The number of para-hydroxylation sites is 2. The smallest absolute Gasteiger partial charge is 0.408 e. The SMILES string of the molecule is CC(C)(C)OC(=O)N[C@H](CC(N)=O)C(=O)Nc1ccccc1N. The molecule has 0 heterocycles. The second kappa shape index (κ2) is 7.48. The molecule has 0 spiro atoms. The predicted molar refractivity (Wildman–Crippen MR) is 86.5 cm³/mol. The third-order valence-electron chi connectivity index (χ3n) is 2.63. The molecule has 0 bridgehead atoms. The standard InChI is InChI=1S/C15H22N4O4/c1-15(2,3)23-14(22)19-11(8-12(17)20)13(21)18-10-7-5-4-6-9(10)16/h4-7,11H,8,16H2,1-3H3,(H2,17,20)(H,18,21)(H,19,22)/t11-/m1/s1. The molecular formula is C15H22N4O4. The lowest BCUT2D eigenvalue weighted by molar-refractivity contribution is -0.124. The summed E-state index contributed by atoms with van der Waals surface area (Å²) in [5, 5.41) is 4.87. The number of nitrogen functional groups attached to an aromatic ring is 1. The Balaban J connectivity index is 2.80. The molecule has 0 aliphatic rings. The number of carbonyl (C=O) groups is 3. The maximum atomic E-state index is 12.3. The molecular weight excluding hydrogens is 300 g/mol. The summed E-state index contributed by atoms with van der Waals surface area (Å²) in [5.41, 5.74) is 10.9. The van der Waals surface area contributed by atoms with Crippen molar-refractivity contribution in [2.75, 3.05) is 11.1 Å². The van der Waals surface area contributed by atoms with Gasteiger partial charge in [-0.2, -0.15) is 0 Å². The number of nitrogens with one attached hydrogen (secondary N) is 2. The molecule has 126 valence electrons. The Hall–Kier alpha value is -2.77. The number of nitrogens with two attached hydrogens (primary N) is 2. The van der Waals surface area contributed by atoms with Crippen molar-refractivity contribution in [1.29, 1.82) is 0 Å². The molecule has 3 amide bonds. The minimum atomic E-state index is -1.16. The number of hydrogen-bond donors (Lipinski definition) is 4. The van der Waals surface area contributed by atoms with Crippen LogP contribution in [0.15, 0.2) is 24.3 Å². The molecule has 0 aliphatic heterocycles. The highest BCUT2D eigenvalue weighted by Gasteiger charge is 2.26. The average molecular weight is 322 g/mol. The second-order valence-electron chi connectivity index (χ2n) is 5.95. The summed E-state index contributed by atoms with van der Waals surface area (Å²) in [6.07, 6.45) is -1.18. The van der Waals surface area contributed by atoms with Gasteiger partial charge in [-0.25, -0.2) is 4.79 Å². The van der Waals surface area contributed by atoms with Crippen molar-refractivity contribution in [3.8, 4) is 0 Å². The maximum Gasteiger partial charge on any atom is 0.408 e. The molecule has 1 atom stereocenters. The van der Waals surface area contributed by atoms with E-state index in [4.69, 9.17) is 16.2 Å². The zero-order valence-corrected chi connectivity index (χ0v) is 13.4. The van der Waals surface area contributed by atoms with E-state index in [9.17, 15) is 14.4 Å². The Morgan fingerprint density at radius 3 is 2.35 bits per heavy atom. The lowest BCUT2D eigenvalue weighted by Crippen LogP contribution is -2.47. The molecule has 8 heteroatoms. The van der Waals surface area contributed by atoms with Crippen LogP contribution in [-0.2, 0) is 14.3 Å². The van der Waals surface area contributed by atoms with Gasteiger partial charge in [-0.3, -0.25) is 9.59 Å². The topological polar surface area (TPSA) is 137 Å². The van der Waals surface area contributed by atoms with E-state index in [1.54, 1.807) is 45.0 Å². The van der Waals surface area contributed by atoms with Gasteiger partial charge in [0.1, 0.15) is 11.6 Å². The first-order valence-corrected chi connectivity index (χ1v) is 7.01. The molecule has 0 aliphatic carbocycles. The molecule has 1 aromatic carbocycles. The van der Waals surface area contributed by atoms with E-state index < -0.39 is 29.6 Å². The number of benzene rings is 1. The van der Waals surface area contributed by atoms with Gasteiger partial charge in [0.15, 0.2) is 0 Å². The largest absolute Gasteiger partial charge is 0.444 e. The van der Waals surface area contributed by atoms with Gasteiger partial charge in [0.2, 0.25) is 11.8 Å². The molecule has 6 N–H and O–H groups in total. The number of hydrogen-bond acceptors (Lipinski definition) is 5. The Bertz CT molecular complexity index is 595. The molecule has 0 saturated carbocycles. The van der Waals surface area contributed by atoms with E-state index in [0.717, 1.165) is 0 Å². The zero-order valence-electron chi connectivity index (χ0n) is 13.4. The summed E-state index contributed by atoms with van der Waals surface area (Å²) in [7, 11) is 0. The van der Waals surface area contributed by atoms with Gasteiger partial charge < -0.3 is 26.8 Å². The fourth-order valence-corrected chi connectivity index (χ4v) is 1.69. The van der Waals surface area contributed by atoms with Gasteiger partial charge in [-0.1, -0.05) is 12.1 Å². The van der Waals surface area contributed by atoms with Crippen LogP contribution in [0.4, 0.5) is 16.2 Å². The first-order chi connectivity index (χ1) is 10.6. The lowest BCUT2D eigenvalue weighted by Gasteiger charge is -2.23. The lowest BCUT2D eigenvalue weighted by atomic mass is 10.1. The number of carbonyl (C=O) groups excluding carboxylic acids is 3. The van der Waals surface area contributed by atoms with E-state index in [0.29, 0.717) is 11.4 Å². The van der Waals surface area contributed by atoms with Crippen molar-refractivity contribution in [3.05, 3.63) is 24.3 Å². The van der Waals surface area contributed by atoms with Crippen LogP contribution in [-0.4, -0.2) is 29.6 Å². The van der Waals surface area contributed by atoms with Gasteiger partial charge in [-0.15, -0.1) is 0 Å². The van der Waals surface area contributed by atoms with Crippen LogP contribution in [0.3, 0.4) is 0 Å². The van der Waals surface area contributed by atoms with Crippen LogP contribution in [0.5, 0.6) is 0 Å². The van der Waals surface area contributed by atoms with Crippen LogP contribution in [0, 0.1) is 0 Å². The second-order valence-corrected chi connectivity index (χ2v) is 5.95. The first-order valence-electron chi connectivity index (χ1n) is 7.01. The van der Waals surface area contributed by atoms with E-state index in [-0.39, 0.29) is 6.42 Å². The maximum absolute atomic E-state index is 12.3. The molecule has 8 nitrogen and oxygen atoms in total. The van der Waals surface area contributed by atoms with Crippen molar-refractivity contribution < 1.29 is 19.1 Å². The Morgan fingerprint density at radius 2 is 1.83 bits per heavy atom. The van der Waals surface area contributed by atoms with E-state index in [1.165, 1.54) is 0 Å². The van der Waals surface area contributed by atoms with E-state index >= 15 is 0 Å². The number of primary amides is 1. The summed E-state index contributed by atoms with van der Waals surface area (Å²) in [5.74, 6) is -1.35. The number of alkyl carbamates (subject to hydrolysis) is 1. The normalized spacial score (nSPS) is 12.1. The molecule has 0 saturated heterocycles. The minimum absolute atomic E-state index is 0.357. The van der Waals surface area contributed by atoms with E-state index in [2.05, 4.69) is 10.6 Å². The Labute approximate surface area is 134 Å². The molecule has 0 unspecified atom stereocenters. The van der Waals surface area contributed by atoms with Crippen LogP contribution in [0.2, 0.25) is 0 Å². The molecule has 0 radical (unpaired) electrons. The van der Waals surface area contributed by atoms with Crippen molar-refractivity contribution in [2.45, 2.75) is 38.8 Å². The number of anilines is 2. The molecule has 0 fully saturated rings. The fraction of sp³-hybridized carbons (Fsp3) is 0.400. The highest BCUT2D eigenvalue weighted by atomic mass is 16.6. The third-order valence-corrected chi connectivity index (χ3v) is 2.63. The summed E-state index contributed by atoms with van der Waals surface area (Å²) < 4.78 is 5.07. The zero-order chi connectivity index (χ0) is 17.6. The summed E-state index contributed by atoms with van der Waals surface area (Å²) in [6.45, 7) is 5.04. The first kappa shape index (κ1) is 18.3. The van der Waals surface area contributed by atoms with Crippen molar-refractivity contribution in [1.82, 2.24) is 5.32 Å². The van der Waals surface area contributed by atoms with Gasteiger partial charge in [-0.05, 0) is 32.9 Å². The van der Waals surface area contributed by atoms with Gasteiger partial charge in [0, 0.05) is 0 Å². The minimum Gasteiger partial charge on any atom is -0.444 e. The van der Waals surface area contributed by atoms with Crippen molar-refractivity contribution in [3.63, 3.8) is 0 Å². The molecule has 1 rings (SSSR count).